The van der Waals surface area contributed by atoms with Crippen LogP contribution in [0.5, 0.6) is 0 Å². The van der Waals surface area contributed by atoms with Crippen LogP contribution in [0.4, 0.5) is 5.69 Å². The minimum absolute atomic E-state index is 0.127. The maximum Gasteiger partial charge on any atom is 0.266 e. The molecule has 0 spiro atoms. The first-order valence-electron chi connectivity index (χ1n) is 8.84. The van der Waals surface area contributed by atoms with Gasteiger partial charge in [-0.1, -0.05) is 24.3 Å². The maximum absolute atomic E-state index is 13.0. The van der Waals surface area contributed by atoms with Crippen LogP contribution in [-0.4, -0.2) is 15.5 Å². The van der Waals surface area contributed by atoms with Crippen molar-refractivity contribution in [2.45, 2.75) is 19.8 Å². The van der Waals surface area contributed by atoms with Gasteiger partial charge in [0, 0.05) is 18.1 Å². The van der Waals surface area contributed by atoms with E-state index in [0.29, 0.717) is 20.7 Å². The van der Waals surface area contributed by atoms with E-state index in [9.17, 15) is 9.59 Å². The summed E-state index contributed by atoms with van der Waals surface area (Å²) in [5, 5.41) is 5.91. The summed E-state index contributed by atoms with van der Waals surface area (Å²) in [5.74, 6) is -0.198. The largest absolute Gasteiger partial charge is 0.321 e. The second kappa shape index (κ2) is 5.76. The third-order valence-electron chi connectivity index (χ3n) is 5.34. The molecular weight excluding hydrogens is 358 g/mol. The maximum atomic E-state index is 13.0. The molecule has 0 unspecified atom stereocenters. The number of carbonyl (C=O) groups excluding carboxylic acids is 1. The molecule has 0 bridgehead atoms. The molecule has 5 rings (SSSR count). The Bertz CT molecular complexity index is 1310. The molecule has 0 aliphatic heterocycles. The highest BCUT2D eigenvalue weighted by Gasteiger charge is 2.21. The molecule has 5 nitrogen and oxygen atoms in total. The first-order chi connectivity index (χ1) is 13.0. The van der Waals surface area contributed by atoms with Crippen molar-refractivity contribution in [3.05, 3.63) is 68.6 Å². The molecule has 0 radical (unpaired) electrons. The minimum atomic E-state index is -0.198. The number of anilines is 1. The van der Waals surface area contributed by atoms with Gasteiger partial charge in [-0.25, -0.2) is 4.98 Å². The summed E-state index contributed by atoms with van der Waals surface area (Å²) in [5.41, 5.74) is 4.04. The van der Waals surface area contributed by atoms with Gasteiger partial charge in [-0.2, -0.15) is 0 Å². The fourth-order valence-electron chi connectivity index (χ4n) is 3.96. The Morgan fingerprint density at radius 2 is 1.93 bits per heavy atom. The average molecular weight is 375 g/mol. The molecule has 2 heterocycles. The van der Waals surface area contributed by atoms with Gasteiger partial charge in [0.2, 0.25) is 0 Å². The third kappa shape index (κ3) is 2.33. The summed E-state index contributed by atoms with van der Waals surface area (Å²) >= 11 is 1.26. The number of benzene rings is 2. The second-order valence-corrected chi connectivity index (χ2v) is 7.96. The van der Waals surface area contributed by atoms with Gasteiger partial charge in [0.15, 0.2) is 0 Å². The molecule has 4 aromatic rings. The number of aromatic nitrogens is 2. The van der Waals surface area contributed by atoms with E-state index in [1.54, 1.807) is 7.05 Å². The van der Waals surface area contributed by atoms with Crippen LogP contribution in [0.3, 0.4) is 0 Å². The van der Waals surface area contributed by atoms with Gasteiger partial charge in [0.1, 0.15) is 4.83 Å². The van der Waals surface area contributed by atoms with Crippen molar-refractivity contribution >= 4 is 43.9 Å². The van der Waals surface area contributed by atoms with E-state index in [0.717, 1.165) is 23.9 Å². The van der Waals surface area contributed by atoms with Crippen molar-refractivity contribution in [2.24, 2.45) is 7.05 Å². The van der Waals surface area contributed by atoms with Gasteiger partial charge in [-0.05, 0) is 47.9 Å². The molecule has 0 saturated carbocycles. The van der Waals surface area contributed by atoms with Crippen molar-refractivity contribution < 1.29 is 4.79 Å². The van der Waals surface area contributed by atoms with E-state index in [-0.39, 0.29) is 11.5 Å². The van der Waals surface area contributed by atoms with E-state index in [2.05, 4.69) is 28.5 Å². The molecule has 0 atom stereocenters. The number of thiophene rings is 1. The van der Waals surface area contributed by atoms with E-state index in [4.69, 9.17) is 0 Å². The average Bonchev–Trinajstić information content (AvgIpc) is 3.23. The topological polar surface area (TPSA) is 64.0 Å². The highest BCUT2D eigenvalue weighted by atomic mass is 32.1. The van der Waals surface area contributed by atoms with E-state index >= 15 is 0 Å². The Labute approximate surface area is 159 Å². The Kier molecular flexibility index (Phi) is 3.45. The Balaban J connectivity index is 1.60. The number of amides is 1. The smallest absolute Gasteiger partial charge is 0.266 e. The van der Waals surface area contributed by atoms with Gasteiger partial charge in [-0.15, -0.1) is 11.3 Å². The Morgan fingerprint density at radius 3 is 2.74 bits per heavy atom. The predicted octanol–water partition coefficient (Wildman–Crippen LogP) is 3.81. The monoisotopic (exact) mass is 375 g/mol. The van der Waals surface area contributed by atoms with Crippen molar-refractivity contribution in [3.63, 3.8) is 0 Å². The zero-order valence-electron chi connectivity index (χ0n) is 15.0. The molecule has 27 heavy (non-hydrogen) atoms. The standard InChI is InChI=1S/C21H17N3O2S/c1-11-16-20(22-10-24(2)21(16)26)27-18(11)19(25)23-15-9-8-13-7-6-12-4-3-5-14(15)17(12)13/h3-5,8-10H,6-7H2,1-2H3,(H,23,25). The molecule has 0 saturated heterocycles. The molecule has 1 aliphatic carbocycles. The fourth-order valence-corrected chi connectivity index (χ4v) is 4.99. The number of nitrogens with one attached hydrogen (secondary N) is 1. The lowest BCUT2D eigenvalue weighted by Crippen LogP contribution is -2.17. The lowest BCUT2D eigenvalue weighted by molar-refractivity contribution is 0.103. The van der Waals surface area contributed by atoms with Gasteiger partial charge < -0.3 is 9.88 Å². The summed E-state index contributed by atoms with van der Waals surface area (Å²) in [6, 6.07) is 10.3. The summed E-state index contributed by atoms with van der Waals surface area (Å²) < 4.78 is 1.44. The second-order valence-electron chi connectivity index (χ2n) is 6.96. The highest BCUT2D eigenvalue weighted by molar-refractivity contribution is 7.20. The quantitative estimate of drug-likeness (QED) is 0.579. The zero-order chi connectivity index (χ0) is 18.7. The minimum Gasteiger partial charge on any atom is -0.321 e. The van der Waals surface area contributed by atoms with Crippen LogP contribution >= 0.6 is 11.3 Å². The summed E-state index contributed by atoms with van der Waals surface area (Å²) in [6.45, 7) is 1.81. The molecule has 2 aromatic carbocycles. The number of rotatable bonds is 2. The van der Waals surface area contributed by atoms with Gasteiger partial charge in [0.25, 0.3) is 11.5 Å². The molecule has 6 heteroatoms. The summed E-state index contributed by atoms with van der Waals surface area (Å²) in [7, 11) is 1.67. The Morgan fingerprint density at radius 1 is 1.15 bits per heavy atom. The van der Waals surface area contributed by atoms with Gasteiger partial charge in [0.05, 0.1) is 16.6 Å². The van der Waals surface area contributed by atoms with Crippen molar-refractivity contribution in [3.8, 4) is 0 Å². The van der Waals surface area contributed by atoms with Gasteiger partial charge in [-0.3, -0.25) is 9.59 Å². The van der Waals surface area contributed by atoms with Crippen LogP contribution in [0.25, 0.3) is 21.0 Å². The van der Waals surface area contributed by atoms with Gasteiger partial charge >= 0.3 is 0 Å². The first-order valence-corrected chi connectivity index (χ1v) is 9.66. The summed E-state index contributed by atoms with van der Waals surface area (Å²) in [6.07, 6.45) is 3.59. The number of carbonyl (C=O) groups is 1. The fraction of sp³-hybridized carbons (Fsp3) is 0.190. The molecule has 134 valence electrons. The van der Waals surface area contributed by atoms with Crippen LogP contribution in [-0.2, 0) is 19.9 Å². The molecular formula is C21H17N3O2S. The zero-order valence-corrected chi connectivity index (χ0v) is 15.8. The molecule has 1 amide bonds. The van der Waals surface area contributed by atoms with Crippen molar-refractivity contribution in [1.82, 2.24) is 9.55 Å². The van der Waals surface area contributed by atoms with E-state index < -0.39 is 0 Å². The van der Waals surface area contributed by atoms with Crippen molar-refractivity contribution in [1.29, 1.82) is 0 Å². The lowest BCUT2D eigenvalue weighted by atomic mass is 10.0. The van der Waals surface area contributed by atoms with Crippen molar-refractivity contribution in [2.75, 3.05) is 5.32 Å². The van der Waals surface area contributed by atoms with Crippen LogP contribution in [0.1, 0.15) is 26.4 Å². The predicted molar refractivity (Wildman–Crippen MR) is 109 cm³/mol. The first kappa shape index (κ1) is 16.2. The van der Waals surface area contributed by atoms with Crippen LogP contribution in [0.15, 0.2) is 41.5 Å². The van der Waals surface area contributed by atoms with E-state index in [1.807, 2.05) is 19.1 Å². The van der Waals surface area contributed by atoms with Crippen LogP contribution in [0.2, 0.25) is 0 Å². The third-order valence-corrected chi connectivity index (χ3v) is 6.54. The van der Waals surface area contributed by atoms with E-state index in [1.165, 1.54) is 38.7 Å². The number of hydrogen-bond acceptors (Lipinski definition) is 4. The van der Waals surface area contributed by atoms with Crippen LogP contribution < -0.4 is 10.9 Å². The number of aryl methyl sites for hydroxylation is 4. The molecule has 0 fully saturated rings. The SMILES string of the molecule is Cc1c(C(=O)Nc2ccc3c4c(cccc24)CC3)sc2ncn(C)c(=O)c12. The Hall–Kier alpha value is -2.99. The molecule has 2 aromatic heterocycles. The van der Waals surface area contributed by atoms with Crippen LogP contribution in [0, 0.1) is 6.92 Å². The number of fused-ring (bicyclic) bond motifs is 1. The number of nitrogens with zero attached hydrogens (tertiary/aromatic N) is 2. The normalized spacial score (nSPS) is 12.8. The number of hydrogen-bond donors (Lipinski definition) is 1. The lowest BCUT2D eigenvalue weighted by Gasteiger charge is -2.10. The summed E-state index contributed by atoms with van der Waals surface area (Å²) in [4.78, 5) is 30.8. The molecule has 1 aliphatic rings. The molecule has 1 N–H and O–H groups in total. The highest BCUT2D eigenvalue weighted by Crippen LogP contribution is 2.35.